The van der Waals surface area contributed by atoms with Crippen LogP contribution in [-0.4, -0.2) is 20.8 Å². The summed E-state index contributed by atoms with van der Waals surface area (Å²) in [5.74, 6) is 0. The second-order valence-electron chi connectivity index (χ2n) is 5.19. The zero-order valence-electron chi connectivity index (χ0n) is 11.2. The fourth-order valence-electron chi connectivity index (χ4n) is 2.29. The van der Waals surface area contributed by atoms with E-state index in [2.05, 4.69) is 6.92 Å². The average Bonchev–Trinajstić information content (AvgIpc) is 2.57. The lowest BCUT2D eigenvalue weighted by molar-refractivity contribution is 0.109. The molecule has 0 saturated carbocycles. The molecule has 0 spiro atoms. The van der Waals surface area contributed by atoms with Crippen LogP contribution in [0.5, 0.6) is 0 Å². The normalized spacial score (nSPS) is 23.4. The third-order valence-corrected chi connectivity index (χ3v) is 4.16. The van der Waals surface area contributed by atoms with Gasteiger partial charge in [0.05, 0.1) is 6.42 Å². The lowest BCUT2D eigenvalue weighted by atomic mass is 9.95. The van der Waals surface area contributed by atoms with E-state index in [4.69, 9.17) is 29.2 Å². The summed E-state index contributed by atoms with van der Waals surface area (Å²) >= 11 is 9.96. The van der Waals surface area contributed by atoms with Crippen molar-refractivity contribution < 1.29 is 9.84 Å². The highest BCUT2D eigenvalue weighted by atomic mass is 32.1. The molecule has 1 saturated heterocycles. The van der Waals surface area contributed by atoms with Gasteiger partial charge in [-0.1, -0.05) is 58.3 Å². The van der Waals surface area contributed by atoms with Gasteiger partial charge in [-0.15, -0.1) is 0 Å². The summed E-state index contributed by atoms with van der Waals surface area (Å²) in [4.78, 5) is 0. The average molecular weight is 288 g/mol. The van der Waals surface area contributed by atoms with E-state index in [1.165, 1.54) is 38.5 Å². The van der Waals surface area contributed by atoms with E-state index < -0.39 is 5.60 Å². The molecule has 1 rings (SSSR count). The summed E-state index contributed by atoms with van der Waals surface area (Å²) < 4.78 is 5.11. The van der Waals surface area contributed by atoms with Gasteiger partial charge < -0.3 is 9.84 Å². The summed E-state index contributed by atoms with van der Waals surface area (Å²) in [6, 6.07) is 0. The Morgan fingerprint density at radius 2 is 1.61 bits per heavy atom. The van der Waals surface area contributed by atoms with Crippen molar-refractivity contribution in [2.45, 2.75) is 76.7 Å². The molecule has 1 unspecified atom stereocenters. The van der Waals surface area contributed by atoms with Crippen LogP contribution in [0.15, 0.2) is 0 Å². The molecule has 0 aromatic heterocycles. The third-order valence-electron chi connectivity index (χ3n) is 3.47. The lowest BCUT2D eigenvalue weighted by Gasteiger charge is -2.18. The van der Waals surface area contributed by atoms with Gasteiger partial charge in [0.2, 0.25) is 0 Å². The van der Waals surface area contributed by atoms with E-state index in [0.29, 0.717) is 17.9 Å². The standard InChI is InChI=1S/C14H24O2S2/c1-2-3-4-5-6-7-8-9-10-14(15)11-12(17)16-13(14)18/h15H,2-11H2,1H3. The van der Waals surface area contributed by atoms with Crippen LogP contribution in [-0.2, 0) is 4.74 Å². The molecule has 0 aliphatic carbocycles. The van der Waals surface area contributed by atoms with Crippen molar-refractivity contribution in [1.82, 2.24) is 0 Å². The smallest absolute Gasteiger partial charge is 0.200 e. The second-order valence-corrected chi connectivity index (χ2v) is 6.02. The van der Waals surface area contributed by atoms with Crippen LogP contribution in [0.3, 0.4) is 0 Å². The number of hydrogen-bond acceptors (Lipinski definition) is 4. The molecule has 104 valence electrons. The fraction of sp³-hybridized carbons (Fsp3) is 0.857. The summed E-state index contributed by atoms with van der Waals surface area (Å²) in [6.07, 6.45) is 11.1. The van der Waals surface area contributed by atoms with Crippen LogP contribution in [0.4, 0.5) is 0 Å². The van der Waals surface area contributed by atoms with Gasteiger partial charge in [0, 0.05) is 0 Å². The van der Waals surface area contributed by atoms with E-state index in [9.17, 15) is 5.11 Å². The Morgan fingerprint density at radius 1 is 1.06 bits per heavy atom. The van der Waals surface area contributed by atoms with Crippen molar-refractivity contribution in [1.29, 1.82) is 0 Å². The number of aliphatic hydroxyl groups is 1. The minimum absolute atomic E-state index is 0.274. The van der Waals surface area contributed by atoms with Crippen LogP contribution in [0.2, 0.25) is 0 Å². The molecule has 18 heavy (non-hydrogen) atoms. The first-order chi connectivity index (χ1) is 8.58. The maximum atomic E-state index is 10.2. The van der Waals surface area contributed by atoms with Gasteiger partial charge in [0.15, 0.2) is 10.1 Å². The van der Waals surface area contributed by atoms with Gasteiger partial charge in [-0.3, -0.25) is 0 Å². The maximum absolute atomic E-state index is 10.2. The van der Waals surface area contributed by atoms with Crippen molar-refractivity contribution >= 4 is 34.5 Å². The Hall–Kier alpha value is -0.0600. The van der Waals surface area contributed by atoms with E-state index >= 15 is 0 Å². The molecule has 0 aromatic carbocycles. The first-order valence-electron chi connectivity index (χ1n) is 7.06. The predicted molar refractivity (Wildman–Crippen MR) is 83.1 cm³/mol. The molecule has 4 heteroatoms. The van der Waals surface area contributed by atoms with Crippen molar-refractivity contribution in [3.05, 3.63) is 0 Å². The molecule has 2 nitrogen and oxygen atoms in total. The molecule has 1 aliphatic rings. The fourth-order valence-corrected chi connectivity index (χ4v) is 2.94. The van der Waals surface area contributed by atoms with Crippen LogP contribution < -0.4 is 0 Å². The largest absolute Gasteiger partial charge is 0.440 e. The first-order valence-corrected chi connectivity index (χ1v) is 7.87. The van der Waals surface area contributed by atoms with Crippen molar-refractivity contribution in [3.63, 3.8) is 0 Å². The zero-order chi connectivity index (χ0) is 13.4. The molecule has 1 fully saturated rings. The van der Waals surface area contributed by atoms with Gasteiger partial charge in [-0.2, -0.15) is 0 Å². The Kier molecular flexibility index (Phi) is 7.27. The van der Waals surface area contributed by atoms with Crippen LogP contribution >= 0.6 is 24.4 Å². The van der Waals surface area contributed by atoms with Gasteiger partial charge in [-0.25, -0.2) is 0 Å². The molecule has 0 bridgehead atoms. The molecular formula is C14H24O2S2. The van der Waals surface area contributed by atoms with Crippen molar-refractivity contribution in [2.24, 2.45) is 0 Å². The van der Waals surface area contributed by atoms with E-state index in [1.807, 2.05) is 0 Å². The van der Waals surface area contributed by atoms with E-state index in [0.717, 1.165) is 12.8 Å². The first kappa shape index (κ1) is 16.0. The Morgan fingerprint density at radius 3 is 2.11 bits per heavy atom. The van der Waals surface area contributed by atoms with E-state index in [-0.39, 0.29) is 5.05 Å². The number of rotatable bonds is 9. The van der Waals surface area contributed by atoms with Crippen molar-refractivity contribution in [2.75, 3.05) is 0 Å². The number of hydrogen-bond donors (Lipinski definition) is 1. The highest BCUT2D eigenvalue weighted by molar-refractivity contribution is 7.81. The lowest BCUT2D eigenvalue weighted by Crippen LogP contribution is -2.32. The van der Waals surface area contributed by atoms with Crippen LogP contribution in [0.1, 0.15) is 71.1 Å². The maximum Gasteiger partial charge on any atom is 0.200 e. The van der Waals surface area contributed by atoms with Crippen molar-refractivity contribution in [3.8, 4) is 0 Å². The molecule has 0 radical (unpaired) electrons. The second kappa shape index (κ2) is 8.18. The topological polar surface area (TPSA) is 29.5 Å². The highest BCUT2D eigenvalue weighted by Crippen LogP contribution is 2.29. The van der Waals surface area contributed by atoms with Gasteiger partial charge in [0.25, 0.3) is 0 Å². The van der Waals surface area contributed by atoms with Gasteiger partial charge in [0.1, 0.15) is 5.60 Å². The molecular weight excluding hydrogens is 264 g/mol. The third kappa shape index (κ3) is 5.29. The quantitative estimate of drug-likeness (QED) is 0.505. The number of unbranched alkanes of at least 4 members (excludes halogenated alkanes) is 7. The highest BCUT2D eigenvalue weighted by Gasteiger charge is 2.41. The summed E-state index contributed by atoms with van der Waals surface area (Å²) in [5, 5.41) is 11.0. The monoisotopic (exact) mass is 288 g/mol. The minimum atomic E-state index is -0.964. The Labute approximate surface area is 121 Å². The number of thiocarbonyl (C=S) groups is 2. The Bertz CT molecular complexity index is 292. The molecule has 1 heterocycles. The minimum Gasteiger partial charge on any atom is -0.440 e. The summed E-state index contributed by atoms with van der Waals surface area (Å²) in [6.45, 7) is 2.23. The van der Waals surface area contributed by atoms with E-state index in [1.54, 1.807) is 0 Å². The van der Waals surface area contributed by atoms with Crippen LogP contribution in [0.25, 0.3) is 0 Å². The molecule has 0 aromatic rings. The molecule has 1 atom stereocenters. The Balaban J connectivity index is 2.04. The number of ether oxygens (including phenoxy) is 1. The molecule has 1 aliphatic heterocycles. The predicted octanol–water partition coefficient (Wildman–Crippen LogP) is 4.32. The zero-order valence-corrected chi connectivity index (χ0v) is 12.9. The van der Waals surface area contributed by atoms with Crippen LogP contribution in [0, 0.1) is 0 Å². The SMILES string of the molecule is CCCCCCCCCCC1(O)CC(=S)OC1=S. The van der Waals surface area contributed by atoms with Gasteiger partial charge >= 0.3 is 0 Å². The summed E-state index contributed by atoms with van der Waals surface area (Å²) in [5.41, 5.74) is -0.964. The van der Waals surface area contributed by atoms with Gasteiger partial charge in [-0.05, 0) is 30.9 Å². The summed E-state index contributed by atoms with van der Waals surface area (Å²) in [7, 11) is 0. The molecule has 0 amide bonds. The molecule has 1 N–H and O–H groups in total.